The predicted octanol–water partition coefficient (Wildman–Crippen LogP) is 4.02. The highest BCUT2D eigenvalue weighted by Crippen LogP contribution is 2.29. The summed E-state index contributed by atoms with van der Waals surface area (Å²) < 4.78 is 51.6. The number of hydrogen-bond donors (Lipinski definition) is 2. The maximum atomic E-state index is 12.3. The van der Waals surface area contributed by atoms with Crippen LogP contribution in [0.2, 0.25) is 0 Å². The summed E-state index contributed by atoms with van der Waals surface area (Å²) in [6.45, 7) is 0.538. The van der Waals surface area contributed by atoms with Gasteiger partial charge in [0.15, 0.2) is 0 Å². The molecule has 3 rings (SSSR count). The van der Waals surface area contributed by atoms with E-state index in [4.69, 9.17) is 15.2 Å². The summed E-state index contributed by atoms with van der Waals surface area (Å²) in [5.74, 6) is -0.686. The van der Waals surface area contributed by atoms with Crippen LogP contribution >= 0.6 is 0 Å². The summed E-state index contributed by atoms with van der Waals surface area (Å²) in [5.41, 5.74) is 7.72. The van der Waals surface area contributed by atoms with Gasteiger partial charge in [0.1, 0.15) is 23.4 Å². The molecule has 0 aliphatic carbocycles. The van der Waals surface area contributed by atoms with Gasteiger partial charge >= 0.3 is 12.3 Å². The Balaban J connectivity index is 1.74. The summed E-state index contributed by atoms with van der Waals surface area (Å²) in [5, 5.41) is 9.37. The third kappa shape index (κ3) is 6.02. The van der Waals surface area contributed by atoms with Gasteiger partial charge in [-0.2, -0.15) is 0 Å². The monoisotopic (exact) mass is 450 g/mol. The van der Waals surface area contributed by atoms with Crippen LogP contribution < -0.4 is 15.2 Å². The van der Waals surface area contributed by atoms with Gasteiger partial charge in [-0.3, -0.25) is 0 Å². The number of benzene rings is 2. The normalized spacial score (nSPS) is 16.3. The van der Waals surface area contributed by atoms with Crippen LogP contribution in [0.25, 0.3) is 0 Å². The Kier molecular flexibility index (Phi) is 7.06. The Labute approximate surface area is 182 Å². The number of carboxylic acid groups (broad SMARTS) is 1. The Hall–Kier alpha value is -3.50. The molecule has 0 spiro atoms. The Morgan fingerprint density at radius 2 is 1.78 bits per heavy atom. The summed E-state index contributed by atoms with van der Waals surface area (Å²) >= 11 is 0. The number of alkyl halides is 3. The standard InChI is InChI=1S/C22H21F3N2O5/c1-30-13-15-5-10-19(21(28)29)20(26)27(15)12-14-3-2-4-18(11-14)31-16-6-8-17(9-7-16)32-22(23,24)25/h2-11,20H,12-13,26H2,1H3,(H,28,29). The topological polar surface area (TPSA) is 94.2 Å². The van der Waals surface area contributed by atoms with Gasteiger partial charge in [-0.05, 0) is 54.1 Å². The molecule has 1 aliphatic rings. The van der Waals surface area contributed by atoms with E-state index in [1.165, 1.54) is 25.3 Å². The van der Waals surface area contributed by atoms with Gasteiger partial charge in [0.25, 0.3) is 0 Å². The average molecular weight is 450 g/mol. The van der Waals surface area contributed by atoms with Crippen molar-refractivity contribution in [2.24, 2.45) is 5.73 Å². The van der Waals surface area contributed by atoms with Crippen molar-refractivity contribution < 1.29 is 37.3 Å². The molecule has 0 saturated carbocycles. The van der Waals surface area contributed by atoms with Gasteiger partial charge in [-0.1, -0.05) is 12.1 Å². The van der Waals surface area contributed by atoms with E-state index in [9.17, 15) is 23.1 Å². The molecule has 1 heterocycles. The molecule has 7 nitrogen and oxygen atoms in total. The molecule has 1 unspecified atom stereocenters. The first kappa shape index (κ1) is 23.2. The maximum Gasteiger partial charge on any atom is 0.573 e. The number of aliphatic carboxylic acids is 1. The Morgan fingerprint density at radius 3 is 2.41 bits per heavy atom. The summed E-state index contributed by atoms with van der Waals surface area (Å²) in [7, 11) is 1.53. The molecule has 170 valence electrons. The van der Waals surface area contributed by atoms with Crippen molar-refractivity contribution >= 4 is 5.97 Å². The van der Waals surface area contributed by atoms with Crippen molar-refractivity contribution in [3.8, 4) is 17.2 Å². The number of halogens is 3. The van der Waals surface area contributed by atoms with Crippen LogP contribution in [0.3, 0.4) is 0 Å². The van der Waals surface area contributed by atoms with Gasteiger partial charge in [0.05, 0.1) is 12.2 Å². The van der Waals surface area contributed by atoms with Gasteiger partial charge in [-0.25, -0.2) is 4.79 Å². The second kappa shape index (κ2) is 9.75. The zero-order chi connectivity index (χ0) is 23.3. The molecule has 0 radical (unpaired) electrons. The van der Waals surface area contributed by atoms with Crippen LogP contribution in [0.5, 0.6) is 17.2 Å². The number of ether oxygens (including phenoxy) is 3. The van der Waals surface area contributed by atoms with E-state index in [0.717, 1.165) is 23.4 Å². The molecule has 0 saturated heterocycles. The molecule has 0 fully saturated rings. The van der Waals surface area contributed by atoms with Crippen LogP contribution in [0.4, 0.5) is 13.2 Å². The predicted molar refractivity (Wildman–Crippen MR) is 109 cm³/mol. The minimum absolute atomic E-state index is 0.0541. The highest BCUT2D eigenvalue weighted by Gasteiger charge is 2.31. The lowest BCUT2D eigenvalue weighted by Gasteiger charge is -2.35. The van der Waals surface area contributed by atoms with Crippen molar-refractivity contribution in [1.29, 1.82) is 0 Å². The fourth-order valence-electron chi connectivity index (χ4n) is 3.15. The quantitative estimate of drug-likeness (QED) is 0.627. The second-order valence-corrected chi connectivity index (χ2v) is 6.86. The summed E-state index contributed by atoms with van der Waals surface area (Å²) in [6, 6.07) is 12.0. The van der Waals surface area contributed by atoms with Gasteiger partial charge in [-0.15, -0.1) is 13.2 Å². The second-order valence-electron chi connectivity index (χ2n) is 6.86. The summed E-state index contributed by atoms with van der Waals surface area (Å²) in [4.78, 5) is 13.2. The number of allylic oxidation sites excluding steroid dienone is 2. The molecule has 0 bridgehead atoms. The largest absolute Gasteiger partial charge is 0.573 e. The minimum atomic E-state index is -4.77. The highest BCUT2D eigenvalue weighted by atomic mass is 19.4. The van der Waals surface area contributed by atoms with Crippen LogP contribution in [-0.4, -0.2) is 42.2 Å². The van der Waals surface area contributed by atoms with Crippen LogP contribution in [0.1, 0.15) is 5.56 Å². The molecule has 1 atom stereocenters. The first-order chi connectivity index (χ1) is 15.2. The molecule has 3 N–H and O–H groups in total. The molecule has 0 aromatic heterocycles. The molecule has 2 aromatic carbocycles. The highest BCUT2D eigenvalue weighted by molar-refractivity contribution is 5.88. The third-order valence-corrected chi connectivity index (χ3v) is 4.56. The number of hydrogen-bond acceptors (Lipinski definition) is 6. The van der Waals surface area contributed by atoms with E-state index >= 15 is 0 Å². The maximum absolute atomic E-state index is 12.3. The molecular formula is C22H21F3N2O5. The van der Waals surface area contributed by atoms with Gasteiger partial charge in [0.2, 0.25) is 0 Å². The lowest BCUT2D eigenvalue weighted by Crippen LogP contribution is -2.46. The van der Waals surface area contributed by atoms with Crippen LogP contribution in [0.15, 0.2) is 72.0 Å². The first-order valence-corrected chi connectivity index (χ1v) is 9.44. The molecule has 10 heteroatoms. The number of nitrogens with two attached hydrogens (primary N) is 1. The van der Waals surface area contributed by atoms with Crippen molar-refractivity contribution in [1.82, 2.24) is 4.90 Å². The van der Waals surface area contributed by atoms with E-state index in [0.29, 0.717) is 11.5 Å². The van der Waals surface area contributed by atoms with Crippen molar-refractivity contribution in [3.63, 3.8) is 0 Å². The van der Waals surface area contributed by atoms with Gasteiger partial charge < -0.3 is 30.0 Å². The molecule has 1 aliphatic heterocycles. The molecule has 32 heavy (non-hydrogen) atoms. The zero-order valence-corrected chi connectivity index (χ0v) is 17.0. The fourth-order valence-corrected chi connectivity index (χ4v) is 3.15. The van der Waals surface area contributed by atoms with E-state index in [1.54, 1.807) is 29.2 Å². The van der Waals surface area contributed by atoms with Gasteiger partial charge in [0, 0.05) is 19.4 Å². The van der Waals surface area contributed by atoms with E-state index in [2.05, 4.69) is 4.74 Å². The minimum Gasteiger partial charge on any atom is -0.478 e. The van der Waals surface area contributed by atoms with E-state index in [-0.39, 0.29) is 24.5 Å². The van der Waals surface area contributed by atoms with Crippen molar-refractivity contribution in [2.75, 3.05) is 13.7 Å². The third-order valence-electron chi connectivity index (χ3n) is 4.56. The Morgan fingerprint density at radius 1 is 1.09 bits per heavy atom. The average Bonchev–Trinajstić information content (AvgIpc) is 2.71. The number of carbonyl (C=O) groups is 1. The van der Waals surface area contributed by atoms with Crippen LogP contribution in [-0.2, 0) is 16.1 Å². The number of carboxylic acids is 1. The lowest BCUT2D eigenvalue weighted by molar-refractivity contribution is -0.274. The SMILES string of the molecule is COCC1=CC=C(C(=O)O)C(N)N1Cc1cccc(Oc2ccc(OC(F)(F)F)cc2)c1. The molecule has 0 amide bonds. The smallest absolute Gasteiger partial charge is 0.478 e. The zero-order valence-electron chi connectivity index (χ0n) is 17.0. The molecular weight excluding hydrogens is 429 g/mol. The number of rotatable bonds is 8. The number of nitrogens with zero attached hydrogens (tertiary/aromatic N) is 1. The first-order valence-electron chi connectivity index (χ1n) is 9.44. The molecule has 2 aromatic rings. The van der Waals surface area contributed by atoms with Crippen molar-refractivity contribution in [2.45, 2.75) is 19.1 Å². The summed E-state index contributed by atoms with van der Waals surface area (Å²) in [6.07, 6.45) is -2.52. The van der Waals surface area contributed by atoms with Crippen molar-refractivity contribution in [3.05, 3.63) is 77.5 Å². The number of methoxy groups -OCH3 is 1. The van der Waals surface area contributed by atoms with E-state index in [1.807, 2.05) is 6.07 Å². The van der Waals surface area contributed by atoms with E-state index < -0.39 is 18.5 Å². The fraction of sp³-hybridized carbons (Fsp3) is 0.227. The lowest BCUT2D eigenvalue weighted by atomic mass is 10.1. The Bertz CT molecular complexity index is 1020. The van der Waals surface area contributed by atoms with Crippen LogP contribution in [0, 0.1) is 0 Å².